The van der Waals surface area contributed by atoms with Crippen molar-refractivity contribution in [3.8, 4) is 6.07 Å². The van der Waals surface area contributed by atoms with E-state index < -0.39 is 0 Å². The van der Waals surface area contributed by atoms with Crippen molar-refractivity contribution in [2.45, 2.75) is 6.54 Å². The zero-order valence-electron chi connectivity index (χ0n) is 10.3. The first-order valence-corrected chi connectivity index (χ1v) is 6.27. The molecule has 0 radical (unpaired) electrons. The molecule has 3 nitrogen and oxygen atoms in total. The molecule has 2 fully saturated rings. The van der Waals surface area contributed by atoms with Gasteiger partial charge in [0.2, 0.25) is 0 Å². The fourth-order valence-corrected chi connectivity index (χ4v) is 3.02. The van der Waals surface area contributed by atoms with Gasteiger partial charge in [-0.05, 0) is 42.6 Å². The van der Waals surface area contributed by atoms with Gasteiger partial charge in [0.15, 0.2) is 0 Å². The van der Waals surface area contributed by atoms with E-state index in [0.717, 1.165) is 23.9 Å². The smallest absolute Gasteiger partial charge is 0.0991 e. The molecule has 2 saturated heterocycles. The van der Waals surface area contributed by atoms with Crippen molar-refractivity contribution in [2.24, 2.45) is 11.8 Å². The largest absolute Gasteiger partial charge is 0.316 e. The molecule has 96 valence electrons. The third-order valence-electron chi connectivity index (χ3n) is 3.95. The minimum Gasteiger partial charge on any atom is -0.316 e. The molecule has 3 rings (SSSR count). The van der Waals surface area contributed by atoms with Crippen LogP contribution in [0.5, 0.6) is 0 Å². The highest BCUT2D eigenvalue weighted by Crippen LogP contribution is 2.27. The molecule has 0 bridgehead atoms. The number of fused-ring (bicyclic) bond motifs is 1. The van der Waals surface area contributed by atoms with Crippen molar-refractivity contribution < 1.29 is 0 Å². The summed E-state index contributed by atoms with van der Waals surface area (Å²) in [6.45, 7) is 5.84. The first kappa shape index (κ1) is 13.4. The first-order valence-electron chi connectivity index (χ1n) is 6.27. The Morgan fingerprint density at radius 1 is 1.17 bits per heavy atom. The average molecular weight is 264 g/mol. The van der Waals surface area contributed by atoms with Crippen molar-refractivity contribution in [1.29, 1.82) is 5.26 Å². The van der Waals surface area contributed by atoms with Crippen LogP contribution in [0.25, 0.3) is 0 Å². The molecule has 0 aromatic heterocycles. The van der Waals surface area contributed by atoms with Gasteiger partial charge in [0.05, 0.1) is 11.6 Å². The first-order chi connectivity index (χ1) is 8.35. The van der Waals surface area contributed by atoms with Gasteiger partial charge in [0.25, 0.3) is 0 Å². The summed E-state index contributed by atoms with van der Waals surface area (Å²) in [6.07, 6.45) is 0. The van der Waals surface area contributed by atoms with Gasteiger partial charge >= 0.3 is 0 Å². The van der Waals surface area contributed by atoms with Crippen molar-refractivity contribution >= 4 is 12.4 Å². The Bertz CT molecular complexity index is 425. The lowest BCUT2D eigenvalue weighted by Gasteiger charge is -2.16. The number of hydrogen-bond acceptors (Lipinski definition) is 3. The van der Waals surface area contributed by atoms with Gasteiger partial charge in [-0.2, -0.15) is 5.26 Å². The van der Waals surface area contributed by atoms with E-state index in [1.165, 1.54) is 31.7 Å². The number of rotatable bonds is 2. The summed E-state index contributed by atoms with van der Waals surface area (Å²) in [5, 5.41) is 12.2. The van der Waals surface area contributed by atoms with Gasteiger partial charge < -0.3 is 5.32 Å². The summed E-state index contributed by atoms with van der Waals surface area (Å²) < 4.78 is 0. The maximum absolute atomic E-state index is 8.75. The Morgan fingerprint density at radius 3 is 2.33 bits per heavy atom. The predicted molar refractivity (Wildman–Crippen MR) is 73.5 cm³/mol. The predicted octanol–water partition coefficient (Wildman–Crippen LogP) is 1.63. The van der Waals surface area contributed by atoms with Crippen molar-refractivity contribution in [3.05, 3.63) is 35.4 Å². The summed E-state index contributed by atoms with van der Waals surface area (Å²) in [6, 6.07) is 10.1. The fraction of sp³-hybridized carbons (Fsp3) is 0.500. The molecule has 2 heterocycles. The lowest BCUT2D eigenvalue weighted by atomic mass is 10.0. The van der Waals surface area contributed by atoms with Gasteiger partial charge in [0.1, 0.15) is 0 Å². The van der Waals surface area contributed by atoms with E-state index in [1.54, 1.807) is 0 Å². The molecule has 0 saturated carbocycles. The Kier molecular flexibility index (Phi) is 4.23. The van der Waals surface area contributed by atoms with E-state index in [9.17, 15) is 0 Å². The van der Waals surface area contributed by atoms with E-state index in [1.807, 2.05) is 12.1 Å². The van der Waals surface area contributed by atoms with E-state index in [2.05, 4.69) is 28.4 Å². The second kappa shape index (κ2) is 5.71. The van der Waals surface area contributed by atoms with Crippen LogP contribution in [0.2, 0.25) is 0 Å². The highest BCUT2D eigenvalue weighted by Gasteiger charge is 2.35. The SMILES string of the molecule is Cl.N#Cc1ccc(CN2C[C@H]3CNC[C@H]3C2)cc1. The molecule has 4 heteroatoms. The van der Waals surface area contributed by atoms with E-state index in [0.29, 0.717) is 0 Å². The molecule has 0 amide bonds. The van der Waals surface area contributed by atoms with Gasteiger partial charge in [-0.25, -0.2) is 0 Å². The molecule has 1 aromatic rings. The van der Waals surface area contributed by atoms with Crippen LogP contribution in [-0.2, 0) is 6.54 Å². The van der Waals surface area contributed by atoms with Crippen molar-refractivity contribution in [1.82, 2.24) is 10.2 Å². The van der Waals surface area contributed by atoms with Gasteiger partial charge in [-0.1, -0.05) is 12.1 Å². The standard InChI is InChI=1S/C14H17N3.ClH/c15-5-11-1-3-12(4-2-11)8-17-9-13-6-16-7-14(13)10-17;/h1-4,13-14,16H,6-10H2;1H/t13-,14+;. The topological polar surface area (TPSA) is 39.1 Å². The second-order valence-corrected chi connectivity index (χ2v) is 5.18. The number of nitrogens with one attached hydrogen (secondary N) is 1. The van der Waals surface area contributed by atoms with Crippen LogP contribution >= 0.6 is 12.4 Å². The normalized spacial score (nSPS) is 26.4. The number of halogens is 1. The summed E-state index contributed by atoms with van der Waals surface area (Å²) in [7, 11) is 0. The second-order valence-electron chi connectivity index (χ2n) is 5.18. The molecule has 1 aromatic carbocycles. The van der Waals surface area contributed by atoms with Gasteiger partial charge in [0, 0.05) is 19.6 Å². The molecule has 2 aliphatic rings. The minimum atomic E-state index is 0. The Labute approximate surface area is 114 Å². The number of nitriles is 1. The summed E-state index contributed by atoms with van der Waals surface area (Å²) >= 11 is 0. The number of benzene rings is 1. The zero-order chi connectivity index (χ0) is 11.7. The maximum atomic E-state index is 8.75. The number of hydrogen-bond donors (Lipinski definition) is 1. The minimum absolute atomic E-state index is 0. The highest BCUT2D eigenvalue weighted by atomic mass is 35.5. The van der Waals surface area contributed by atoms with E-state index in [-0.39, 0.29) is 12.4 Å². The molecule has 0 unspecified atom stereocenters. The molecule has 0 spiro atoms. The van der Waals surface area contributed by atoms with Crippen LogP contribution in [-0.4, -0.2) is 31.1 Å². The number of nitrogens with zero attached hydrogens (tertiary/aromatic N) is 2. The summed E-state index contributed by atoms with van der Waals surface area (Å²) in [5.74, 6) is 1.71. The Morgan fingerprint density at radius 2 is 1.78 bits per heavy atom. The maximum Gasteiger partial charge on any atom is 0.0991 e. The quantitative estimate of drug-likeness (QED) is 0.882. The van der Waals surface area contributed by atoms with Crippen LogP contribution in [0.3, 0.4) is 0 Å². The van der Waals surface area contributed by atoms with Crippen LogP contribution in [0.15, 0.2) is 24.3 Å². The Balaban J connectivity index is 0.00000120. The molecule has 1 N–H and O–H groups in total. The molecular weight excluding hydrogens is 246 g/mol. The number of likely N-dealkylation sites (tertiary alicyclic amines) is 1. The fourth-order valence-electron chi connectivity index (χ4n) is 3.02. The van der Waals surface area contributed by atoms with Gasteiger partial charge in [-0.15, -0.1) is 12.4 Å². The van der Waals surface area contributed by atoms with Gasteiger partial charge in [-0.3, -0.25) is 4.90 Å². The lowest BCUT2D eigenvalue weighted by molar-refractivity contribution is 0.305. The summed E-state index contributed by atoms with van der Waals surface area (Å²) in [5.41, 5.74) is 2.06. The van der Waals surface area contributed by atoms with Crippen LogP contribution in [0.4, 0.5) is 0 Å². The molecule has 2 aliphatic heterocycles. The third-order valence-corrected chi connectivity index (χ3v) is 3.95. The monoisotopic (exact) mass is 263 g/mol. The lowest BCUT2D eigenvalue weighted by Crippen LogP contribution is -2.25. The van der Waals surface area contributed by atoms with Crippen LogP contribution < -0.4 is 5.32 Å². The van der Waals surface area contributed by atoms with E-state index >= 15 is 0 Å². The highest BCUT2D eigenvalue weighted by molar-refractivity contribution is 5.85. The molecule has 2 atom stereocenters. The molecular formula is C14H18ClN3. The van der Waals surface area contributed by atoms with Crippen molar-refractivity contribution in [2.75, 3.05) is 26.2 Å². The van der Waals surface area contributed by atoms with Crippen LogP contribution in [0, 0.1) is 23.2 Å². The average Bonchev–Trinajstić information content (AvgIpc) is 2.90. The van der Waals surface area contributed by atoms with Crippen LogP contribution in [0.1, 0.15) is 11.1 Å². The van der Waals surface area contributed by atoms with Crippen molar-refractivity contribution in [3.63, 3.8) is 0 Å². The van der Waals surface area contributed by atoms with E-state index in [4.69, 9.17) is 5.26 Å². The third kappa shape index (κ3) is 2.67. The molecule has 18 heavy (non-hydrogen) atoms. The Hall–Kier alpha value is -1.08. The molecule has 0 aliphatic carbocycles. The zero-order valence-corrected chi connectivity index (χ0v) is 11.1. The summed E-state index contributed by atoms with van der Waals surface area (Å²) in [4.78, 5) is 2.54.